The molecule has 0 aliphatic carbocycles. The van der Waals surface area contributed by atoms with Crippen molar-refractivity contribution < 1.29 is 32.5 Å². The molecule has 0 unspecified atom stereocenters. The standard InChI is InChI=1S/C18H20O7S/c1-18(2,23-3)25-15-10-12(17(19)20)9-14(11-15)24-13-5-7-16(8-6-13)26(4,21)22/h5-11H,1-4H3,(H,19,20). The lowest BCUT2D eigenvalue weighted by Crippen LogP contribution is -2.30. The van der Waals surface area contributed by atoms with Crippen LogP contribution in [-0.4, -0.2) is 38.6 Å². The topological polar surface area (TPSA) is 99.1 Å². The SMILES string of the molecule is COC(C)(C)Oc1cc(Oc2ccc(S(C)(=O)=O)cc2)cc(C(=O)O)c1. The van der Waals surface area contributed by atoms with Crippen molar-refractivity contribution in [3.05, 3.63) is 48.0 Å². The molecule has 0 fully saturated rings. The fourth-order valence-corrected chi connectivity index (χ4v) is 2.66. The number of benzene rings is 2. The zero-order valence-corrected chi connectivity index (χ0v) is 15.7. The number of hydrogen-bond acceptors (Lipinski definition) is 6. The van der Waals surface area contributed by atoms with Gasteiger partial charge >= 0.3 is 5.97 Å². The van der Waals surface area contributed by atoms with Gasteiger partial charge in [0.1, 0.15) is 17.2 Å². The van der Waals surface area contributed by atoms with Gasteiger partial charge in [0.05, 0.1) is 10.5 Å². The van der Waals surface area contributed by atoms with E-state index in [4.69, 9.17) is 14.2 Å². The van der Waals surface area contributed by atoms with E-state index >= 15 is 0 Å². The highest BCUT2D eigenvalue weighted by atomic mass is 32.2. The van der Waals surface area contributed by atoms with Gasteiger partial charge in [-0.15, -0.1) is 0 Å². The van der Waals surface area contributed by atoms with Crippen molar-refractivity contribution in [1.29, 1.82) is 0 Å². The van der Waals surface area contributed by atoms with Gasteiger partial charge in [0.25, 0.3) is 0 Å². The van der Waals surface area contributed by atoms with Crippen LogP contribution < -0.4 is 9.47 Å². The number of carboxylic acid groups (broad SMARTS) is 1. The summed E-state index contributed by atoms with van der Waals surface area (Å²) in [6.45, 7) is 3.37. The number of carbonyl (C=O) groups is 1. The predicted molar refractivity (Wildman–Crippen MR) is 94.7 cm³/mol. The molecular weight excluding hydrogens is 360 g/mol. The summed E-state index contributed by atoms with van der Waals surface area (Å²) >= 11 is 0. The van der Waals surface area contributed by atoms with Crippen molar-refractivity contribution >= 4 is 15.8 Å². The summed E-state index contributed by atoms with van der Waals surface area (Å²) in [5.41, 5.74) is -0.0165. The monoisotopic (exact) mass is 380 g/mol. The molecule has 140 valence electrons. The highest BCUT2D eigenvalue weighted by Crippen LogP contribution is 2.30. The quantitative estimate of drug-likeness (QED) is 0.735. The fourth-order valence-electron chi connectivity index (χ4n) is 2.03. The van der Waals surface area contributed by atoms with E-state index in [0.717, 1.165) is 6.26 Å². The van der Waals surface area contributed by atoms with Crippen LogP contribution in [0.4, 0.5) is 0 Å². The third kappa shape index (κ3) is 5.21. The maximum atomic E-state index is 11.5. The molecule has 0 aliphatic rings. The molecule has 0 amide bonds. The maximum Gasteiger partial charge on any atom is 0.335 e. The molecule has 1 N–H and O–H groups in total. The van der Waals surface area contributed by atoms with Crippen LogP contribution in [0.3, 0.4) is 0 Å². The number of methoxy groups -OCH3 is 1. The Morgan fingerprint density at radius 3 is 2.08 bits per heavy atom. The van der Waals surface area contributed by atoms with E-state index in [1.807, 2.05) is 0 Å². The van der Waals surface area contributed by atoms with Crippen LogP contribution in [-0.2, 0) is 14.6 Å². The Bertz CT molecular complexity index is 900. The Hall–Kier alpha value is -2.58. The molecule has 0 radical (unpaired) electrons. The average Bonchev–Trinajstić information content (AvgIpc) is 2.54. The molecule has 0 bridgehead atoms. The van der Waals surface area contributed by atoms with Crippen molar-refractivity contribution in [2.45, 2.75) is 24.5 Å². The van der Waals surface area contributed by atoms with E-state index < -0.39 is 21.6 Å². The van der Waals surface area contributed by atoms with Gasteiger partial charge in [0.2, 0.25) is 5.79 Å². The summed E-state index contributed by atoms with van der Waals surface area (Å²) in [6, 6.07) is 10.0. The molecule has 0 aliphatic heterocycles. The minimum absolute atomic E-state index is 0.0165. The number of ether oxygens (including phenoxy) is 3. The van der Waals surface area contributed by atoms with Gasteiger partial charge in [-0.25, -0.2) is 13.2 Å². The van der Waals surface area contributed by atoms with E-state index in [1.165, 1.54) is 49.6 Å². The van der Waals surface area contributed by atoms with Crippen molar-refractivity contribution in [2.24, 2.45) is 0 Å². The maximum absolute atomic E-state index is 11.5. The Labute approximate surface area is 152 Å². The Morgan fingerprint density at radius 1 is 1.00 bits per heavy atom. The molecule has 26 heavy (non-hydrogen) atoms. The van der Waals surface area contributed by atoms with E-state index in [-0.39, 0.29) is 22.0 Å². The zero-order chi connectivity index (χ0) is 19.5. The van der Waals surface area contributed by atoms with Crippen LogP contribution in [0, 0.1) is 0 Å². The highest BCUT2D eigenvalue weighted by Gasteiger charge is 2.20. The van der Waals surface area contributed by atoms with E-state index in [9.17, 15) is 18.3 Å². The first-order chi connectivity index (χ1) is 12.0. The summed E-state index contributed by atoms with van der Waals surface area (Å²) in [7, 11) is -1.83. The van der Waals surface area contributed by atoms with Gasteiger partial charge in [-0.2, -0.15) is 0 Å². The van der Waals surface area contributed by atoms with E-state index in [2.05, 4.69) is 0 Å². The molecule has 0 spiro atoms. The highest BCUT2D eigenvalue weighted by molar-refractivity contribution is 7.90. The minimum atomic E-state index is -3.31. The Morgan fingerprint density at radius 2 is 1.58 bits per heavy atom. The normalized spacial score (nSPS) is 11.8. The van der Waals surface area contributed by atoms with Gasteiger partial charge in [0.15, 0.2) is 9.84 Å². The van der Waals surface area contributed by atoms with Crippen molar-refractivity contribution in [3.63, 3.8) is 0 Å². The lowest BCUT2D eigenvalue weighted by molar-refractivity contribution is -0.134. The first kappa shape index (κ1) is 19.7. The fraction of sp³-hybridized carbons (Fsp3) is 0.278. The first-order valence-electron chi connectivity index (χ1n) is 7.61. The molecule has 0 atom stereocenters. The predicted octanol–water partition coefficient (Wildman–Crippen LogP) is 3.34. The Balaban J connectivity index is 2.33. The molecule has 8 heteroatoms. The van der Waals surface area contributed by atoms with Crippen LogP contribution in [0.5, 0.6) is 17.2 Å². The molecule has 7 nitrogen and oxygen atoms in total. The molecular formula is C18H20O7S. The second kappa shape index (κ2) is 7.35. The molecule has 0 saturated carbocycles. The smallest absolute Gasteiger partial charge is 0.335 e. The summed E-state index contributed by atoms with van der Waals surface area (Å²) in [5, 5.41) is 9.27. The van der Waals surface area contributed by atoms with Crippen LogP contribution in [0.1, 0.15) is 24.2 Å². The Kier molecular flexibility index (Phi) is 5.58. The van der Waals surface area contributed by atoms with Gasteiger partial charge in [-0.1, -0.05) is 0 Å². The van der Waals surface area contributed by atoms with Crippen LogP contribution in [0.25, 0.3) is 0 Å². The number of sulfone groups is 1. The van der Waals surface area contributed by atoms with E-state index in [0.29, 0.717) is 5.75 Å². The minimum Gasteiger partial charge on any atom is -0.478 e. The van der Waals surface area contributed by atoms with Crippen molar-refractivity contribution in [2.75, 3.05) is 13.4 Å². The van der Waals surface area contributed by atoms with Crippen LogP contribution in [0.15, 0.2) is 47.4 Å². The lowest BCUT2D eigenvalue weighted by atomic mass is 10.2. The van der Waals surface area contributed by atoms with Gasteiger partial charge < -0.3 is 19.3 Å². The third-order valence-electron chi connectivity index (χ3n) is 3.47. The lowest BCUT2D eigenvalue weighted by Gasteiger charge is -2.25. The number of rotatable bonds is 7. The summed E-state index contributed by atoms with van der Waals surface area (Å²) in [6.07, 6.45) is 1.11. The van der Waals surface area contributed by atoms with Crippen molar-refractivity contribution in [3.8, 4) is 17.2 Å². The first-order valence-corrected chi connectivity index (χ1v) is 9.50. The number of carboxylic acids is 1. The largest absolute Gasteiger partial charge is 0.478 e. The van der Waals surface area contributed by atoms with Gasteiger partial charge in [-0.3, -0.25) is 0 Å². The van der Waals surface area contributed by atoms with Gasteiger partial charge in [-0.05, 0) is 36.4 Å². The molecule has 2 aromatic rings. The second-order valence-electron chi connectivity index (χ2n) is 6.05. The van der Waals surface area contributed by atoms with Gasteiger partial charge in [0, 0.05) is 33.3 Å². The van der Waals surface area contributed by atoms with Crippen LogP contribution >= 0.6 is 0 Å². The molecule has 0 heterocycles. The zero-order valence-electron chi connectivity index (χ0n) is 14.8. The van der Waals surface area contributed by atoms with E-state index in [1.54, 1.807) is 13.8 Å². The number of hydrogen-bond donors (Lipinski definition) is 1. The second-order valence-corrected chi connectivity index (χ2v) is 8.07. The molecule has 0 aromatic heterocycles. The molecule has 2 rings (SSSR count). The molecule has 2 aromatic carbocycles. The van der Waals surface area contributed by atoms with Crippen LogP contribution in [0.2, 0.25) is 0 Å². The van der Waals surface area contributed by atoms with Crippen molar-refractivity contribution in [1.82, 2.24) is 0 Å². The summed E-state index contributed by atoms with van der Waals surface area (Å²) in [4.78, 5) is 11.5. The number of aromatic carboxylic acids is 1. The summed E-state index contributed by atoms with van der Waals surface area (Å²) < 4.78 is 39.5. The third-order valence-corrected chi connectivity index (χ3v) is 4.60. The molecule has 0 saturated heterocycles. The summed E-state index contributed by atoms with van der Waals surface area (Å²) in [5.74, 6) is -1.23. The average molecular weight is 380 g/mol.